The Labute approximate surface area is 310 Å². The highest BCUT2D eigenvalue weighted by Gasteiger charge is 2.17. The number of primary amides is 2. The fourth-order valence-electron chi connectivity index (χ4n) is 7.40. The second-order valence-electron chi connectivity index (χ2n) is 15.9. The highest BCUT2D eigenvalue weighted by atomic mass is 16.3. The Bertz CT molecular complexity index is 692. The zero-order chi connectivity index (χ0) is 37.1. The first-order valence-corrected chi connectivity index (χ1v) is 21.8. The molecule has 4 unspecified atom stereocenters. The van der Waals surface area contributed by atoms with Gasteiger partial charge in [-0.1, -0.05) is 155 Å². The molecule has 0 bridgehead atoms. The maximum Gasteiger partial charge on any atom is 0.220 e. The van der Waals surface area contributed by atoms with E-state index in [2.05, 4.69) is 25.8 Å². The number of carbonyl (C=O) groups excluding carboxylic acids is 2. The summed E-state index contributed by atoms with van der Waals surface area (Å²) in [7, 11) is 2.13. The Morgan fingerprint density at radius 2 is 0.660 bits per heavy atom. The molecular weight excluding hydrogens is 622 g/mol. The van der Waals surface area contributed by atoms with Crippen molar-refractivity contribution in [2.75, 3.05) is 20.1 Å². The molecule has 0 aliphatic heterocycles. The third kappa shape index (κ3) is 32.7. The molecule has 0 aromatic heterocycles. The monoisotopic (exact) mass is 710 g/mol. The molecule has 7 heteroatoms. The lowest BCUT2D eigenvalue weighted by Crippen LogP contribution is -2.27. The van der Waals surface area contributed by atoms with Crippen LogP contribution in [0.25, 0.3) is 0 Å². The molecule has 0 rings (SSSR count). The molecule has 0 aliphatic carbocycles. The van der Waals surface area contributed by atoms with Gasteiger partial charge in [-0.3, -0.25) is 9.59 Å². The van der Waals surface area contributed by atoms with Gasteiger partial charge in [-0.25, -0.2) is 0 Å². The quantitative estimate of drug-likeness (QED) is 0.0471. The summed E-state index contributed by atoms with van der Waals surface area (Å²) in [4.78, 5) is 26.4. The molecule has 0 fully saturated rings. The standard InChI is InChI=1S/C43H87N3O4/c1-4-6-8-22-32-40(47)34-24-18-14-10-12-16-20-28-38(42(44)49)30-26-36-46(3)37-27-31-39(43(45)50)29-21-17-13-11-15-19-25-35-41(48)33-23-9-7-5-2/h38-41,47-48H,4-37H2,1-3H3,(H2,44,49)(H2,45,50). The van der Waals surface area contributed by atoms with E-state index in [1.165, 1.54) is 89.9 Å². The summed E-state index contributed by atoms with van der Waals surface area (Å²) in [6.07, 6.45) is 35.4. The molecule has 0 aliphatic rings. The number of nitrogens with zero attached hydrogens (tertiary/aromatic N) is 1. The third-order valence-electron chi connectivity index (χ3n) is 11.0. The molecule has 0 heterocycles. The van der Waals surface area contributed by atoms with Crippen molar-refractivity contribution >= 4 is 11.8 Å². The fraction of sp³-hybridized carbons (Fsp3) is 0.953. The van der Waals surface area contributed by atoms with E-state index >= 15 is 0 Å². The van der Waals surface area contributed by atoms with E-state index < -0.39 is 0 Å². The average Bonchev–Trinajstić information content (AvgIpc) is 3.08. The molecule has 50 heavy (non-hydrogen) atoms. The van der Waals surface area contributed by atoms with Crippen LogP contribution >= 0.6 is 0 Å². The summed E-state index contributed by atoms with van der Waals surface area (Å²) < 4.78 is 0. The molecule has 0 saturated heterocycles. The zero-order valence-electron chi connectivity index (χ0n) is 33.7. The van der Waals surface area contributed by atoms with Crippen molar-refractivity contribution in [3.63, 3.8) is 0 Å². The van der Waals surface area contributed by atoms with Gasteiger partial charge in [0.15, 0.2) is 0 Å². The van der Waals surface area contributed by atoms with E-state index in [0.717, 1.165) is 129 Å². The molecule has 7 nitrogen and oxygen atoms in total. The molecule has 0 aromatic carbocycles. The Hall–Kier alpha value is -1.18. The number of nitrogens with two attached hydrogens (primary N) is 2. The van der Waals surface area contributed by atoms with Crippen LogP contribution in [0.4, 0.5) is 0 Å². The van der Waals surface area contributed by atoms with Crippen LogP contribution in [-0.4, -0.2) is 59.3 Å². The van der Waals surface area contributed by atoms with Crippen molar-refractivity contribution in [3.8, 4) is 0 Å². The van der Waals surface area contributed by atoms with Crippen molar-refractivity contribution in [3.05, 3.63) is 0 Å². The van der Waals surface area contributed by atoms with Gasteiger partial charge in [0.2, 0.25) is 11.8 Å². The lowest BCUT2D eigenvalue weighted by Gasteiger charge is -2.20. The molecule has 298 valence electrons. The van der Waals surface area contributed by atoms with Gasteiger partial charge < -0.3 is 26.6 Å². The van der Waals surface area contributed by atoms with Crippen LogP contribution in [0.3, 0.4) is 0 Å². The second kappa shape index (κ2) is 36.2. The van der Waals surface area contributed by atoms with Crippen LogP contribution in [-0.2, 0) is 9.59 Å². The summed E-state index contributed by atoms with van der Waals surface area (Å²) in [5, 5.41) is 20.2. The van der Waals surface area contributed by atoms with E-state index in [9.17, 15) is 19.8 Å². The van der Waals surface area contributed by atoms with Crippen molar-refractivity contribution in [2.24, 2.45) is 23.3 Å². The second-order valence-corrected chi connectivity index (χ2v) is 15.9. The van der Waals surface area contributed by atoms with E-state index in [1.54, 1.807) is 0 Å². The van der Waals surface area contributed by atoms with Crippen molar-refractivity contribution in [1.82, 2.24) is 4.90 Å². The first-order valence-electron chi connectivity index (χ1n) is 21.8. The molecular formula is C43H87N3O4. The van der Waals surface area contributed by atoms with Gasteiger partial charge in [0, 0.05) is 11.8 Å². The highest BCUT2D eigenvalue weighted by molar-refractivity contribution is 5.76. The average molecular weight is 710 g/mol. The summed E-state index contributed by atoms with van der Waals surface area (Å²) in [5.74, 6) is -0.374. The van der Waals surface area contributed by atoms with Gasteiger partial charge in [-0.05, 0) is 84.3 Å². The van der Waals surface area contributed by atoms with Gasteiger partial charge in [-0.15, -0.1) is 0 Å². The molecule has 2 amide bonds. The predicted molar refractivity (Wildman–Crippen MR) is 214 cm³/mol. The minimum absolute atomic E-state index is 0.0283. The Kier molecular flexibility index (Phi) is 35.3. The smallest absolute Gasteiger partial charge is 0.220 e. The van der Waals surface area contributed by atoms with E-state index in [1.807, 2.05) is 0 Å². The van der Waals surface area contributed by atoms with E-state index in [0.29, 0.717) is 0 Å². The molecule has 0 aromatic rings. The number of aliphatic hydroxyl groups excluding tert-OH is 2. The molecule has 4 atom stereocenters. The van der Waals surface area contributed by atoms with E-state index in [4.69, 9.17) is 11.5 Å². The van der Waals surface area contributed by atoms with Crippen LogP contribution in [0.5, 0.6) is 0 Å². The third-order valence-corrected chi connectivity index (χ3v) is 11.0. The largest absolute Gasteiger partial charge is 0.393 e. The van der Waals surface area contributed by atoms with Crippen molar-refractivity contribution in [1.29, 1.82) is 0 Å². The normalized spacial score (nSPS) is 14.2. The minimum atomic E-state index is -0.159. The summed E-state index contributed by atoms with van der Waals surface area (Å²) >= 11 is 0. The molecule has 6 N–H and O–H groups in total. The maximum absolute atomic E-state index is 12.1. The number of hydrogen-bond donors (Lipinski definition) is 4. The van der Waals surface area contributed by atoms with Gasteiger partial charge in [-0.2, -0.15) is 0 Å². The molecule has 0 saturated carbocycles. The van der Waals surface area contributed by atoms with Crippen molar-refractivity contribution in [2.45, 2.75) is 232 Å². The lowest BCUT2D eigenvalue weighted by atomic mass is 9.94. The first-order chi connectivity index (χ1) is 24.2. The van der Waals surface area contributed by atoms with Gasteiger partial charge in [0.25, 0.3) is 0 Å². The fourth-order valence-corrected chi connectivity index (χ4v) is 7.40. The number of aliphatic hydroxyl groups is 2. The number of rotatable bonds is 40. The predicted octanol–water partition coefficient (Wildman–Crippen LogP) is 10.4. The van der Waals surface area contributed by atoms with Crippen LogP contribution in [0.2, 0.25) is 0 Å². The van der Waals surface area contributed by atoms with Crippen LogP contribution in [0.1, 0.15) is 219 Å². The van der Waals surface area contributed by atoms with Gasteiger partial charge >= 0.3 is 0 Å². The highest BCUT2D eigenvalue weighted by Crippen LogP contribution is 2.20. The summed E-state index contributed by atoms with van der Waals surface area (Å²) in [5.41, 5.74) is 11.5. The SMILES string of the molecule is CCCCCCC(O)CCCCCCCCCC(CCCN(C)CCCC(CCCCCCCCCC(O)CCCCCC)C(N)=O)C(N)=O. The summed E-state index contributed by atoms with van der Waals surface area (Å²) in [6, 6.07) is 0. The maximum atomic E-state index is 12.1. The van der Waals surface area contributed by atoms with Crippen LogP contribution in [0, 0.1) is 11.8 Å². The number of unbranched alkanes of at least 4 members (excludes halogenated alkanes) is 18. The molecule has 0 radical (unpaired) electrons. The Balaban J connectivity index is 3.85. The summed E-state index contributed by atoms with van der Waals surface area (Å²) in [6.45, 7) is 6.32. The zero-order valence-corrected chi connectivity index (χ0v) is 33.7. The molecule has 0 spiro atoms. The van der Waals surface area contributed by atoms with Gasteiger partial charge in [0.1, 0.15) is 0 Å². The van der Waals surface area contributed by atoms with Crippen molar-refractivity contribution < 1.29 is 19.8 Å². The van der Waals surface area contributed by atoms with E-state index in [-0.39, 0.29) is 35.9 Å². The topological polar surface area (TPSA) is 130 Å². The number of carbonyl (C=O) groups is 2. The van der Waals surface area contributed by atoms with Crippen LogP contribution in [0.15, 0.2) is 0 Å². The lowest BCUT2D eigenvalue weighted by molar-refractivity contribution is -0.123. The van der Waals surface area contributed by atoms with Crippen LogP contribution < -0.4 is 11.5 Å². The first kappa shape index (κ1) is 48.8. The Morgan fingerprint density at radius 1 is 0.420 bits per heavy atom. The number of hydrogen-bond acceptors (Lipinski definition) is 5. The van der Waals surface area contributed by atoms with Gasteiger partial charge in [0.05, 0.1) is 12.2 Å². The Morgan fingerprint density at radius 3 is 0.940 bits per heavy atom. The minimum Gasteiger partial charge on any atom is -0.393 e. The number of amides is 2.